The number of hydrogen-bond donors (Lipinski definition) is 1. The summed E-state index contributed by atoms with van der Waals surface area (Å²) in [6.07, 6.45) is 0. The van der Waals surface area contributed by atoms with E-state index in [0.29, 0.717) is 32.0 Å². The van der Waals surface area contributed by atoms with Crippen molar-refractivity contribution in [2.75, 3.05) is 31.2 Å². The second kappa shape index (κ2) is 6.03. The molecule has 7 heteroatoms. The third-order valence-corrected chi connectivity index (χ3v) is 5.65. The summed E-state index contributed by atoms with van der Waals surface area (Å²) in [6, 6.07) is 4.30. The van der Waals surface area contributed by atoms with Crippen LogP contribution in [0.15, 0.2) is 23.1 Å². The van der Waals surface area contributed by atoms with Gasteiger partial charge in [0.1, 0.15) is 0 Å². The summed E-state index contributed by atoms with van der Waals surface area (Å²) in [5, 5.41) is 8.78. The van der Waals surface area contributed by atoms with Crippen molar-refractivity contribution in [2.45, 2.75) is 24.0 Å². The highest BCUT2D eigenvalue weighted by Crippen LogP contribution is 2.26. The average Bonchev–Trinajstić information content (AvgIpc) is 2.47. The van der Waals surface area contributed by atoms with Crippen LogP contribution in [-0.4, -0.2) is 51.0 Å². The van der Waals surface area contributed by atoms with Crippen molar-refractivity contribution in [1.29, 1.82) is 0 Å². The van der Waals surface area contributed by atoms with Crippen LogP contribution in [-0.2, 0) is 14.6 Å². The van der Waals surface area contributed by atoms with E-state index in [0.717, 1.165) is 0 Å². The van der Waals surface area contributed by atoms with Crippen molar-refractivity contribution in [1.82, 2.24) is 0 Å². The maximum absolute atomic E-state index is 12.2. The van der Waals surface area contributed by atoms with Crippen molar-refractivity contribution in [2.24, 2.45) is 0 Å². The number of aromatic carboxylic acids is 1. The lowest BCUT2D eigenvalue weighted by atomic mass is 10.1. The van der Waals surface area contributed by atoms with Gasteiger partial charge in [-0.3, -0.25) is 0 Å². The predicted molar refractivity (Wildman–Crippen MR) is 78.8 cm³/mol. The molecule has 1 heterocycles. The lowest BCUT2D eigenvalue weighted by molar-refractivity contribution is 0.0696. The van der Waals surface area contributed by atoms with E-state index in [-0.39, 0.29) is 10.5 Å². The van der Waals surface area contributed by atoms with Gasteiger partial charge in [-0.25, -0.2) is 13.2 Å². The molecule has 0 bridgehead atoms. The minimum atomic E-state index is -3.49. The summed E-state index contributed by atoms with van der Waals surface area (Å²) in [5.74, 6) is -1.13. The average molecular weight is 313 g/mol. The van der Waals surface area contributed by atoms with Crippen LogP contribution in [0.25, 0.3) is 0 Å². The van der Waals surface area contributed by atoms with Crippen LogP contribution in [0.2, 0.25) is 0 Å². The molecule has 0 radical (unpaired) electrons. The van der Waals surface area contributed by atoms with Gasteiger partial charge >= 0.3 is 5.97 Å². The predicted octanol–water partition coefficient (Wildman–Crippen LogP) is 1.40. The molecule has 6 nitrogen and oxygen atoms in total. The molecule has 0 amide bonds. The molecule has 1 N–H and O–H groups in total. The van der Waals surface area contributed by atoms with Gasteiger partial charge in [-0.15, -0.1) is 0 Å². The number of sulfone groups is 1. The second-order valence-corrected chi connectivity index (χ2v) is 7.68. The molecule has 1 saturated heterocycles. The van der Waals surface area contributed by atoms with Crippen LogP contribution in [0, 0.1) is 0 Å². The summed E-state index contributed by atoms with van der Waals surface area (Å²) < 4.78 is 29.6. The Morgan fingerprint density at radius 2 is 1.90 bits per heavy atom. The molecule has 21 heavy (non-hydrogen) atoms. The lowest BCUT2D eigenvalue weighted by Gasteiger charge is -2.30. The zero-order valence-electron chi connectivity index (χ0n) is 12.1. The van der Waals surface area contributed by atoms with Crippen molar-refractivity contribution < 1.29 is 23.1 Å². The molecule has 0 spiro atoms. The number of rotatable bonds is 4. The molecular formula is C14H19NO5S. The van der Waals surface area contributed by atoms with Crippen molar-refractivity contribution in [3.05, 3.63) is 23.8 Å². The summed E-state index contributed by atoms with van der Waals surface area (Å²) >= 11 is 0. The van der Waals surface area contributed by atoms with E-state index in [1.54, 1.807) is 19.9 Å². The molecule has 0 saturated carbocycles. The molecule has 1 fully saturated rings. The molecule has 1 aromatic rings. The lowest BCUT2D eigenvalue weighted by Crippen LogP contribution is -2.37. The molecule has 0 aliphatic carbocycles. The fourth-order valence-corrected chi connectivity index (χ4v) is 3.30. The Kier molecular flexibility index (Phi) is 4.53. The first kappa shape index (κ1) is 15.8. The summed E-state index contributed by atoms with van der Waals surface area (Å²) in [5.41, 5.74) is 0.548. The maximum atomic E-state index is 12.2. The van der Waals surface area contributed by atoms with Crippen molar-refractivity contribution in [3.63, 3.8) is 0 Å². The topological polar surface area (TPSA) is 83.9 Å². The smallest absolute Gasteiger partial charge is 0.337 e. The highest BCUT2D eigenvalue weighted by atomic mass is 32.2. The third kappa shape index (κ3) is 3.19. The van der Waals surface area contributed by atoms with Gasteiger partial charge in [0.25, 0.3) is 0 Å². The quantitative estimate of drug-likeness (QED) is 0.904. The fourth-order valence-electron chi connectivity index (χ4n) is 2.22. The third-order valence-electron chi connectivity index (χ3n) is 3.50. The zero-order valence-corrected chi connectivity index (χ0v) is 12.9. The largest absolute Gasteiger partial charge is 0.478 e. The van der Waals surface area contributed by atoms with Crippen LogP contribution < -0.4 is 4.90 Å². The first-order chi connectivity index (χ1) is 9.84. The molecule has 0 aromatic heterocycles. The molecule has 116 valence electrons. The number of ether oxygens (including phenoxy) is 1. The number of nitrogens with zero attached hydrogens (tertiary/aromatic N) is 1. The van der Waals surface area contributed by atoms with E-state index < -0.39 is 21.1 Å². The zero-order chi connectivity index (χ0) is 15.6. The van der Waals surface area contributed by atoms with Gasteiger partial charge in [0, 0.05) is 13.1 Å². The number of hydrogen-bond acceptors (Lipinski definition) is 5. The number of carboxylic acids is 1. The first-order valence-electron chi connectivity index (χ1n) is 6.78. The van der Waals surface area contributed by atoms with E-state index in [1.165, 1.54) is 12.1 Å². The van der Waals surface area contributed by atoms with Crippen LogP contribution in [0.3, 0.4) is 0 Å². The van der Waals surface area contributed by atoms with Gasteiger partial charge < -0.3 is 14.7 Å². The van der Waals surface area contributed by atoms with Gasteiger partial charge in [-0.2, -0.15) is 0 Å². The number of carbonyl (C=O) groups is 1. The van der Waals surface area contributed by atoms with Crippen LogP contribution >= 0.6 is 0 Å². The Hall–Kier alpha value is -1.60. The molecular weight excluding hydrogens is 294 g/mol. The Labute approximate surface area is 124 Å². The van der Waals surface area contributed by atoms with Gasteiger partial charge in [0.2, 0.25) is 0 Å². The van der Waals surface area contributed by atoms with Gasteiger partial charge in [-0.1, -0.05) is 0 Å². The normalized spacial score (nSPS) is 16.2. The van der Waals surface area contributed by atoms with Gasteiger partial charge in [0.15, 0.2) is 9.84 Å². The Bertz CT molecular complexity index is 633. The highest BCUT2D eigenvalue weighted by Gasteiger charge is 2.24. The van der Waals surface area contributed by atoms with E-state index in [9.17, 15) is 18.3 Å². The van der Waals surface area contributed by atoms with Gasteiger partial charge in [-0.05, 0) is 32.0 Å². The van der Waals surface area contributed by atoms with Crippen molar-refractivity contribution in [3.8, 4) is 0 Å². The molecule has 2 rings (SSSR count). The summed E-state index contributed by atoms with van der Waals surface area (Å²) in [4.78, 5) is 13.4. The first-order valence-corrected chi connectivity index (χ1v) is 8.32. The van der Waals surface area contributed by atoms with E-state index in [1.807, 2.05) is 4.90 Å². The summed E-state index contributed by atoms with van der Waals surface area (Å²) in [7, 11) is -3.49. The second-order valence-electron chi connectivity index (χ2n) is 5.18. The van der Waals surface area contributed by atoms with Crippen LogP contribution in [0.5, 0.6) is 0 Å². The molecule has 0 atom stereocenters. The Morgan fingerprint density at radius 3 is 2.43 bits per heavy atom. The van der Waals surface area contributed by atoms with E-state index in [4.69, 9.17) is 4.74 Å². The number of anilines is 1. The molecule has 1 aliphatic heterocycles. The summed E-state index contributed by atoms with van der Waals surface area (Å²) in [6.45, 7) is 5.40. The molecule has 1 aromatic carbocycles. The monoisotopic (exact) mass is 313 g/mol. The number of benzene rings is 1. The SMILES string of the molecule is CC(C)S(=O)(=O)c1ccc(N2CCOCC2)c(C(=O)O)c1. The fraction of sp³-hybridized carbons (Fsp3) is 0.500. The van der Waals surface area contributed by atoms with Crippen LogP contribution in [0.1, 0.15) is 24.2 Å². The standard InChI is InChI=1S/C14H19NO5S/c1-10(2)21(18,19)11-3-4-13(12(9-11)14(16)17)15-5-7-20-8-6-15/h3-4,9-10H,5-8H2,1-2H3,(H,16,17). The minimum Gasteiger partial charge on any atom is -0.478 e. The van der Waals surface area contributed by atoms with Crippen molar-refractivity contribution >= 4 is 21.5 Å². The molecule has 0 unspecified atom stereocenters. The Morgan fingerprint density at radius 1 is 1.29 bits per heavy atom. The highest BCUT2D eigenvalue weighted by molar-refractivity contribution is 7.92. The van der Waals surface area contributed by atoms with E-state index in [2.05, 4.69) is 0 Å². The van der Waals surface area contributed by atoms with Gasteiger partial charge in [0.05, 0.1) is 34.6 Å². The van der Waals surface area contributed by atoms with E-state index >= 15 is 0 Å². The number of carboxylic acid groups (broad SMARTS) is 1. The van der Waals surface area contributed by atoms with Crippen LogP contribution in [0.4, 0.5) is 5.69 Å². The Balaban J connectivity index is 2.47. The minimum absolute atomic E-state index is 0.0126. The number of morpholine rings is 1. The molecule has 1 aliphatic rings. The maximum Gasteiger partial charge on any atom is 0.337 e.